The van der Waals surface area contributed by atoms with Crippen molar-refractivity contribution in [2.45, 2.75) is 68.3 Å². The summed E-state index contributed by atoms with van der Waals surface area (Å²) in [5, 5.41) is 12.2. The van der Waals surface area contributed by atoms with E-state index in [1.807, 2.05) is 0 Å². The Bertz CT molecular complexity index is 2360. The van der Waals surface area contributed by atoms with Gasteiger partial charge in [-0.15, -0.1) is 6.58 Å². The molecule has 7 rings (SSSR count). The van der Waals surface area contributed by atoms with Crippen molar-refractivity contribution in [2.24, 2.45) is 0 Å². The molecule has 65 heavy (non-hydrogen) atoms. The number of esters is 5. The molecule has 0 spiro atoms. The van der Waals surface area contributed by atoms with Gasteiger partial charge in [0.05, 0.1) is 40.5 Å². The van der Waals surface area contributed by atoms with E-state index in [1.165, 1.54) is 61.5 Å². The summed E-state index contributed by atoms with van der Waals surface area (Å²) < 4.78 is 54.9. The van der Waals surface area contributed by atoms with E-state index in [2.05, 4.69) is 6.58 Å². The van der Waals surface area contributed by atoms with Crippen LogP contribution in [0.15, 0.2) is 164 Å². The van der Waals surface area contributed by atoms with Crippen LogP contribution in [0.2, 0.25) is 0 Å². The first kappa shape index (κ1) is 46.0. The number of hydrogen-bond acceptors (Lipinski definition) is 15. The van der Waals surface area contributed by atoms with E-state index in [9.17, 15) is 29.1 Å². The van der Waals surface area contributed by atoms with Crippen LogP contribution in [-0.2, 0) is 42.6 Å². The van der Waals surface area contributed by atoms with Crippen LogP contribution >= 0.6 is 0 Å². The maximum Gasteiger partial charge on any atom is 0.338 e. The summed E-state index contributed by atoms with van der Waals surface area (Å²) in [4.78, 5) is 68.3. The third kappa shape index (κ3) is 11.6. The van der Waals surface area contributed by atoms with Crippen LogP contribution in [0.1, 0.15) is 58.7 Å². The summed E-state index contributed by atoms with van der Waals surface area (Å²) in [5.74, 6) is -4.13. The van der Waals surface area contributed by atoms with Crippen LogP contribution in [0.25, 0.3) is 0 Å². The van der Waals surface area contributed by atoms with E-state index in [1.54, 1.807) is 103 Å². The molecule has 2 saturated heterocycles. The SMILES string of the molecule is C=CCO[C@H]1O[C@H](COC(=O)c2ccccc2)[C@@H](O[C@@H]2O[C@@H](C)[C@H](OC(=O)c3ccccc3)[C@@H](OC(=O)c3ccccc3)[C@H]2O)[C@H](OC(=O)c2ccccc2)[C@@H]1OC(=O)c1ccccc1. The molecule has 0 saturated carbocycles. The molecular formula is C50H46O15. The highest BCUT2D eigenvalue weighted by molar-refractivity contribution is 5.92. The molecule has 0 amide bonds. The van der Waals surface area contributed by atoms with Gasteiger partial charge in [0.2, 0.25) is 0 Å². The second kappa shape index (κ2) is 22.1. The number of ether oxygens (including phenoxy) is 9. The van der Waals surface area contributed by atoms with E-state index in [4.69, 9.17) is 42.6 Å². The van der Waals surface area contributed by atoms with Crippen molar-refractivity contribution >= 4 is 29.8 Å². The molecule has 1 N–H and O–H groups in total. The number of carbonyl (C=O) groups excluding carboxylic acids is 5. The van der Waals surface area contributed by atoms with Gasteiger partial charge in [-0.2, -0.15) is 0 Å². The number of rotatable bonds is 16. The summed E-state index contributed by atoms with van der Waals surface area (Å²) in [5.41, 5.74) is 0.770. The molecule has 2 heterocycles. The summed E-state index contributed by atoms with van der Waals surface area (Å²) in [6, 6.07) is 40.1. The smallest absolute Gasteiger partial charge is 0.338 e. The molecule has 0 unspecified atom stereocenters. The highest BCUT2D eigenvalue weighted by Crippen LogP contribution is 2.35. The molecule has 2 fully saturated rings. The van der Waals surface area contributed by atoms with Crippen LogP contribution in [0.3, 0.4) is 0 Å². The van der Waals surface area contributed by atoms with E-state index >= 15 is 0 Å². The lowest BCUT2D eigenvalue weighted by Gasteiger charge is -2.48. The highest BCUT2D eigenvalue weighted by atomic mass is 16.8. The molecular weight excluding hydrogens is 841 g/mol. The first-order chi connectivity index (χ1) is 31.6. The average molecular weight is 887 g/mol. The highest BCUT2D eigenvalue weighted by Gasteiger charge is 2.56. The number of benzene rings is 5. The predicted molar refractivity (Wildman–Crippen MR) is 229 cm³/mol. The van der Waals surface area contributed by atoms with E-state index in [0.717, 1.165) is 0 Å². The fourth-order valence-corrected chi connectivity index (χ4v) is 7.17. The first-order valence-corrected chi connectivity index (χ1v) is 20.7. The van der Waals surface area contributed by atoms with Crippen molar-refractivity contribution < 1.29 is 71.7 Å². The second-order valence-corrected chi connectivity index (χ2v) is 14.9. The Balaban J connectivity index is 1.27. The van der Waals surface area contributed by atoms with Gasteiger partial charge in [0, 0.05) is 0 Å². The van der Waals surface area contributed by atoms with Crippen molar-refractivity contribution in [3.05, 3.63) is 192 Å². The zero-order valence-electron chi connectivity index (χ0n) is 35.1. The summed E-state index contributed by atoms with van der Waals surface area (Å²) >= 11 is 0. The van der Waals surface area contributed by atoms with Crippen molar-refractivity contribution in [3.8, 4) is 0 Å². The van der Waals surface area contributed by atoms with Crippen LogP contribution < -0.4 is 0 Å². The molecule has 15 heteroatoms. The molecule has 0 radical (unpaired) electrons. The largest absolute Gasteiger partial charge is 0.459 e. The molecule has 0 aliphatic carbocycles. The molecule has 0 aromatic heterocycles. The van der Waals surface area contributed by atoms with Crippen LogP contribution in [0, 0.1) is 0 Å². The van der Waals surface area contributed by atoms with Gasteiger partial charge in [-0.1, -0.05) is 97.1 Å². The topological polar surface area (TPSA) is 189 Å². The zero-order valence-corrected chi connectivity index (χ0v) is 35.1. The minimum absolute atomic E-state index is 0.111. The van der Waals surface area contributed by atoms with Gasteiger partial charge in [0.1, 0.15) is 24.9 Å². The second-order valence-electron chi connectivity index (χ2n) is 14.9. The molecule has 5 aromatic rings. The van der Waals surface area contributed by atoms with Gasteiger partial charge in [-0.3, -0.25) is 0 Å². The first-order valence-electron chi connectivity index (χ1n) is 20.7. The predicted octanol–water partition coefficient (Wildman–Crippen LogP) is 6.16. The van der Waals surface area contributed by atoms with Crippen molar-refractivity contribution in [1.82, 2.24) is 0 Å². The van der Waals surface area contributed by atoms with Crippen molar-refractivity contribution in [3.63, 3.8) is 0 Å². The quantitative estimate of drug-likeness (QED) is 0.0673. The maximum atomic E-state index is 14.0. The Morgan fingerprint density at radius 1 is 0.508 bits per heavy atom. The lowest BCUT2D eigenvalue weighted by atomic mass is 9.96. The van der Waals surface area contributed by atoms with Gasteiger partial charge in [0.25, 0.3) is 0 Å². The molecule has 0 bridgehead atoms. The molecule has 2 aliphatic heterocycles. The summed E-state index contributed by atoms with van der Waals surface area (Å²) in [7, 11) is 0. The number of aliphatic hydroxyl groups excluding tert-OH is 1. The Hall–Kier alpha value is -7.01. The van der Waals surface area contributed by atoms with Gasteiger partial charge in [-0.05, 0) is 67.6 Å². The Kier molecular flexibility index (Phi) is 15.6. The minimum atomic E-state index is -1.91. The number of aliphatic hydroxyl groups is 1. The fourth-order valence-electron chi connectivity index (χ4n) is 7.17. The third-order valence-electron chi connectivity index (χ3n) is 10.4. The molecule has 15 nitrogen and oxygen atoms in total. The standard InChI is InChI=1S/C50H46O15/c1-3-29-57-50-43(64-48(56)36-27-17-8-18-28-36)42(63-47(55)35-25-15-7-16-26-35)40(37(60-50)30-58-44(52)32-19-9-4-10-20-32)65-49-38(51)41(62-46(54)34-23-13-6-14-24-34)39(31(2)59-49)61-45(53)33-21-11-5-12-22-33/h3-28,31,37-43,49-51H,1,29-30H2,2H3/t31-,37+,38+,39-,40+,41-,42-,43-,49-,50-/m0/s1. The number of hydrogen-bond donors (Lipinski definition) is 1. The Morgan fingerprint density at radius 2 is 0.892 bits per heavy atom. The molecule has 2 aliphatic rings. The lowest BCUT2D eigenvalue weighted by molar-refractivity contribution is -0.353. The van der Waals surface area contributed by atoms with Crippen molar-refractivity contribution in [2.75, 3.05) is 13.2 Å². The van der Waals surface area contributed by atoms with E-state index < -0.39 is 97.9 Å². The Morgan fingerprint density at radius 3 is 1.32 bits per heavy atom. The van der Waals surface area contributed by atoms with Crippen LogP contribution in [-0.4, -0.2) is 110 Å². The van der Waals surface area contributed by atoms with Crippen molar-refractivity contribution in [1.29, 1.82) is 0 Å². The minimum Gasteiger partial charge on any atom is -0.459 e. The lowest BCUT2D eigenvalue weighted by Crippen LogP contribution is -2.66. The third-order valence-corrected chi connectivity index (χ3v) is 10.4. The van der Waals surface area contributed by atoms with Gasteiger partial charge in [-0.25, -0.2) is 24.0 Å². The number of carbonyl (C=O) groups is 5. The van der Waals surface area contributed by atoms with E-state index in [0.29, 0.717) is 0 Å². The summed E-state index contributed by atoms with van der Waals surface area (Å²) in [6.45, 7) is 4.53. The average Bonchev–Trinajstić information content (AvgIpc) is 3.35. The van der Waals surface area contributed by atoms with Crippen LogP contribution in [0.5, 0.6) is 0 Å². The van der Waals surface area contributed by atoms with Gasteiger partial charge in [0.15, 0.2) is 37.0 Å². The van der Waals surface area contributed by atoms with Gasteiger partial charge < -0.3 is 47.7 Å². The molecule has 336 valence electrons. The Labute approximate surface area is 374 Å². The van der Waals surface area contributed by atoms with Crippen LogP contribution in [0.4, 0.5) is 0 Å². The zero-order chi connectivity index (χ0) is 45.7. The monoisotopic (exact) mass is 886 g/mol. The molecule has 5 aromatic carbocycles. The fraction of sp³-hybridized carbons (Fsp3) is 0.260. The van der Waals surface area contributed by atoms with E-state index in [-0.39, 0.29) is 34.4 Å². The normalized spacial score (nSPS) is 25.0. The maximum absolute atomic E-state index is 14.0. The summed E-state index contributed by atoms with van der Waals surface area (Å²) in [6.07, 6.45) is -14.1. The molecule has 10 atom stereocenters. The van der Waals surface area contributed by atoms with Gasteiger partial charge >= 0.3 is 29.8 Å².